The minimum absolute atomic E-state index is 0.0991. The van der Waals surface area contributed by atoms with Gasteiger partial charge in [-0.2, -0.15) is 0 Å². The zero-order valence-corrected chi connectivity index (χ0v) is 14.3. The molecular weight excluding hydrogens is 413 g/mol. The van der Waals surface area contributed by atoms with E-state index < -0.39 is 15.8 Å². The van der Waals surface area contributed by atoms with Gasteiger partial charge in [0.15, 0.2) is 0 Å². The Kier molecular flexibility index (Phi) is 4.51. The molecule has 20 heavy (non-hydrogen) atoms. The second kappa shape index (κ2) is 5.83. The van der Waals surface area contributed by atoms with Crippen molar-refractivity contribution in [3.63, 3.8) is 0 Å². The van der Waals surface area contributed by atoms with Crippen LogP contribution in [-0.2, 0) is 10.0 Å². The van der Waals surface area contributed by atoms with E-state index >= 15 is 0 Å². The largest absolute Gasteiger partial charge is 0.275 e. The molecule has 0 spiro atoms. The van der Waals surface area contributed by atoms with E-state index in [9.17, 15) is 12.8 Å². The summed E-state index contributed by atoms with van der Waals surface area (Å²) in [6.07, 6.45) is 0. The highest BCUT2D eigenvalue weighted by atomic mass is 79.9. The lowest BCUT2D eigenvalue weighted by atomic mass is 10.2. The van der Waals surface area contributed by atoms with Crippen LogP contribution in [0.5, 0.6) is 0 Å². The molecule has 0 aliphatic heterocycles. The molecule has 3 nitrogen and oxygen atoms in total. The minimum atomic E-state index is -3.86. The van der Waals surface area contributed by atoms with Crippen LogP contribution >= 0.6 is 31.9 Å². The molecule has 0 atom stereocenters. The molecule has 0 saturated heterocycles. The smallest absolute Gasteiger partial charge is 0.262 e. The topological polar surface area (TPSA) is 46.2 Å². The fourth-order valence-corrected chi connectivity index (χ4v) is 4.09. The number of rotatable bonds is 3. The third kappa shape index (κ3) is 3.21. The van der Waals surface area contributed by atoms with Crippen molar-refractivity contribution in [2.24, 2.45) is 0 Å². The molecule has 0 radical (unpaired) electrons. The lowest BCUT2D eigenvalue weighted by Crippen LogP contribution is -2.15. The Morgan fingerprint density at radius 3 is 2.50 bits per heavy atom. The first kappa shape index (κ1) is 15.5. The summed E-state index contributed by atoms with van der Waals surface area (Å²) in [6, 6.07) is 9.14. The first-order chi connectivity index (χ1) is 9.31. The summed E-state index contributed by atoms with van der Waals surface area (Å²) in [6.45, 7) is 1.68. The number of aryl methyl sites for hydroxylation is 1. The number of nitrogens with one attached hydrogen (secondary N) is 1. The number of benzene rings is 2. The minimum Gasteiger partial charge on any atom is -0.275 e. The van der Waals surface area contributed by atoms with E-state index in [0.29, 0.717) is 14.5 Å². The summed E-state index contributed by atoms with van der Waals surface area (Å²) in [4.78, 5) is 0.0991. The van der Waals surface area contributed by atoms with E-state index in [4.69, 9.17) is 0 Å². The van der Waals surface area contributed by atoms with Crippen LogP contribution in [0.4, 0.5) is 10.1 Å². The first-order valence-electron chi connectivity index (χ1n) is 5.54. The highest BCUT2D eigenvalue weighted by Gasteiger charge is 2.20. The Morgan fingerprint density at radius 1 is 1.15 bits per heavy atom. The van der Waals surface area contributed by atoms with Gasteiger partial charge >= 0.3 is 0 Å². The second-order valence-electron chi connectivity index (χ2n) is 4.11. The normalized spacial score (nSPS) is 11.4. The Balaban J connectivity index is 2.49. The van der Waals surface area contributed by atoms with Gasteiger partial charge in [-0.25, -0.2) is 12.8 Å². The van der Waals surface area contributed by atoms with Crippen molar-refractivity contribution in [2.45, 2.75) is 11.8 Å². The van der Waals surface area contributed by atoms with Crippen molar-refractivity contribution in [3.8, 4) is 0 Å². The predicted octanol–water partition coefficient (Wildman–Crippen LogP) is 4.46. The molecule has 0 amide bonds. The average molecular weight is 423 g/mol. The maximum absolute atomic E-state index is 13.7. The molecule has 2 aromatic rings. The summed E-state index contributed by atoms with van der Waals surface area (Å²) >= 11 is 6.36. The summed E-state index contributed by atoms with van der Waals surface area (Å²) < 4.78 is 41.7. The highest BCUT2D eigenvalue weighted by molar-refractivity contribution is 9.10. The molecule has 0 aliphatic rings. The molecular formula is C13H10Br2FNO2S. The van der Waals surface area contributed by atoms with Gasteiger partial charge in [0.2, 0.25) is 0 Å². The van der Waals surface area contributed by atoms with Gasteiger partial charge in [-0.15, -0.1) is 0 Å². The van der Waals surface area contributed by atoms with Crippen LogP contribution in [-0.4, -0.2) is 8.42 Å². The molecule has 0 heterocycles. The van der Waals surface area contributed by atoms with E-state index in [-0.39, 0.29) is 10.6 Å². The zero-order valence-electron chi connectivity index (χ0n) is 10.3. The Morgan fingerprint density at radius 2 is 1.85 bits per heavy atom. The lowest BCUT2D eigenvalue weighted by Gasteiger charge is -2.12. The monoisotopic (exact) mass is 421 g/mol. The van der Waals surface area contributed by atoms with Crippen LogP contribution in [0.15, 0.2) is 50.2 Å². The van der Waals surface area contributed by atoms with Gasteiger partial charge in [0.1, 0.15) is 5.82 Å². The Bertz CT molecular complexity index is 743. The third-order valence-corrected chi connectivity index (χ3v) is 5.28. The quantitative estimate of drug-likeness (QED) is 0.793. The fourth-order valence-electron chi connectivity index (χ4n) is 1.65. The second-order valence-corrected chi connectivity index (χ2v) is 7.53. The van der Waals surface area contributed by atoms with Crippen LogP contribution < -0.4 is 4.72 Å². The van der Waals surface area contributed by atoms with Crippen molar-refractivity contribution < 1.29 is 12.8 Å². The number of halogens is 3. The molecule has 106 valence electrons. The SMILES string of the molecule is Cc1ccc(Br)cc1S(=O)(=O)Nc1c(F)cccc1Br. The molecule has 0 fully saturated rings. The molecule has 0 unspecified atom stereocenters. The third-order valence-electron chi connectivity index (χ3n) is 2.64. The maximum atomic E-state index is 13.7. The van der Waals surface area contributed by atoms with E-state index in [2.05, 4.69) is 36.6 Å². The van der Waals surface area contributed by atoms with Gasteiger partial charge in [0, 0.05) is 8.95 Å². The number of anilines is 1. The van der Waals surface area contributed by atoms with Crippen LogP contribution in [0.1, 0.15) is 5.56 Å². The van der Waals surface area contributed by atoms with Gasteiger partial charge in [0.25, 0.3) is 10.0 Å². The van der Waals surface area contributed by atoms with Crippen molar-refractivity contribution in [2.75, 3.05) is 4.72 Å². The van der Waals surface area contributed by atoms with Gasteiger partial charge < -0.3 is 0 Å². The van der Waals surface area contributed by atoms with Gasteiger partial charge in [-0.05, 0) is 52.7 Å². The predicted molar refractivity (Wildman–Crippen MR) is 83.8 cm³/mol. The van der Waals surface area contributed by atoms with Crippen molar-refractivity contribution in [3.05, 3.63) is 56.7 Å². The van der Waals surface area contributed by atoms with Crippen LogP contribution in [0, 0.1) is 12.7 Å². The number of para-hydroxylation sites is 1. The molecule has 0 bridgehead atoms. The zero-order chi connectivity index (χ0) is 14.9. The molecule has 0 aliphatic carbocycles. The number of hydrogen-bond acceptors (Lipinski definition) is 2. The molecule has 0 aromatic heterocycles. The van der Waals surface area contributed by atoms with E-state index in [1.807, 2.05) is 0 Å². The van der Waals surface area contributed by atoms with Gasteiger partial charge in [-0.1, -0.05) is 28.1 Å². The van der Waals surface area contributed by atoms with Gasteiger partial charge in [0.05, 0.1) is 10.6 Å². The van der Waals surface area contributed by atoms with Crippen LogP contribution in [0.25, 0.3) is 0 Å². The van der Waals surface area contributed by atoms with E-state index in [1.54, 1.807) is 25.1 Å². The summed E-state index contributed by atoms with van der Waals surface area (Å²) in [7, 11) is -3.86. The first-order valence-corrected chi connectivity index (χ1v) is 8.61. The van der Waals surface area contributed by atoms with Crippen LogP contribution in [0.2, 0.25) is 0 Å². The number of sulfonamides is 1. The van der Waals surface area contributed by atoms with E-state index in [1.165, 1.54) is 18.2 Å². The summed E-state index contributed by atoms with van der Waals surface area (Å²) in [5, 5.41) is 0. The Labute approximate surface area is 133 Å². The number of hydrogen-bond donors (Lipinski definition) is 1. The lowest BCUT2D eigenvalue weighted by molar-refractivity contribution is 0.598. The van der Waals surface area contributed by atoms with E-state index in [0.717, 1.165) is 0 Å². The Hall–Kier alpha value is -0.920. The molecule has 7 heteroatoms. The van der Waals surface area contributed by atoms with Crippen molar-refractivity contribution in [1.29, 1.82) is 0 Å². The molecule has 0 saturated carbocycles. The highest BCUT2D eigenvalue weighted by Crippen LogP contribution is 2.29. The average Bonchev–Trinajstić information content (AvgIpc) is 2.37. The standard InChI is InChI=1S/C13H10Br2FNO2S/c1-8-5-6-9(14)7-12(8)20(18,19)17-13-10(15)3-2-4-11(13)16/h2-7,17H,1H3. The fraction of sp³-hybridized carbons (Fsp3) is 0.0769. The maximum Gasteiger partial charge on any atom is 0.262 e. The molecule has 2 aromatic carbocycles. The molecule has 1 N–H and O–H groups in total. The van der Waals surface area contributed by atoms with Crippen molar-refractivity contribution >= 4 is 47.6 Å². The van der Waals surface area contributed by atoms with Gasteiger partial charge in [-0.3, -0.25) is 4.72 Å². The molecule has 2 rings (SSSR count). The van der Waals surface area contributed by atoms with Crippen molar-refractivity contribution in [1.82, 2.24) is 0 Å². The summed E-state index contributed by atoms with van der Waals surface area (Å²) in [5.41, 5.74) is 0.472. The summed E-state index contributed by atoms with van der Waals surface area (Å²) in [5.74, 6) is -0.643. The van der Waals surface area contributed by atoms with Crippen LogP contribution in [0.3, 0.4) is 0 Å².